The predicted octanol–water partition coefficient (Wildman–Crippen LogP) is 4.58. The molecule has 0 saturated heterocycles. The molecule has 0 saturated carbocycles. The molecule has 0 heterocycles. The first-order valence-electron chi connectivity index (χ1n) is 7.84. The van der Waals surface area contributed by atoms with Crippen LogP contribution < -0.4 is 9.64 Å². The first kappa shape index (κ1) is 18.7. The van der Waals surface area contributed by atoms with Crippen LogP contribution in [0.3, 0.4) is 0 Å². The van der Waals surface area contributed by atoms with Crippen molar-refractivity contribution in [1.82, 2.24) is 0 Å². The van der Waals surface area contributed by atoms with E-state index in [2.05, 4.69) is 6.58 Å². The van der Waals surface area contributed by atoms with Crippen LogP contribution in [0.15, 0.2) is 77.6 Å². The molecular weight excluding hydrogens is 334 g/mol. The minimum absolute atomic E-state index is 0.0879. The number of anilines is 1. The Hall–Kier alpha value is -2.66. The normalized spacial score (nSPS) is 11.0. The molecule has 0 radical (unpaired) electrons. The molecule has 0 fully saturated rings. The Morgan fingerprint density at radius 3 is 2.48 bits per heavy atom. The van der Waals surface area contributed by atoms with Gasteiger partial charge in [-0.2, -0.15) is 0 Å². The summed E-state index contributed by atoms with van der Waals surface area (Å²) in [6.45, 7) is 6.03. The number of aromatic hydroxyl groups is 1. The Balaban J connectivity index is 2.12. The van der Waals surface area contributed by atoms with Crippen molar-refractivity contribution < 1.29 is 14.6 Å². The average molecular weight is 355 g/mol. The van der Waals surface area contributed by atoms with Crippen molar-refractivity contribution in [3.8, 4) is 11.5 Å². The number of hydrogen-bond acceptors (Lipinski definition) is 4. The standard InChI is InChI=1S/C20H21NO3S/c1-3-19(25-4-2)14-21(16-8-6-5-7-9-16)20(23)15-24-18-12-10-17(22)11-13-18/h3-13,22H,2,14-15H2,1H3/b19-3-. The Bertz CT molecular complexity index is 726. The van der Waals surface area contributed by atoms with Crippen LogP contribution in [0, 0.1) is 0 Å². The molecule has 2 rings (SSSR count). The van der Waals surface area contributed by atoms with Gasteiger partial charge in [0, 0.05) is 10.6 Å². The summed E-state index contributed by atoms with van der Waals surface area (Å²) in [5, 5.41) is 11.0. The summed E-state index contributed by atoms with van der Waals surface area (Å²) in [5.74, 6) is 0.540. The van der Waals surface area contributed by atoms with E-state index in [-0.39, 0.29) is 18.3 Å². The van der Waals surface area contributed by atoms with Gasteiger partial charge in [0.2, 0.25) is 0 Å². The van der Waals surface area contributed by atoms with Gasteiger partial charge in [-0.1, -0.05) is 30.9 Å². The fourth-order valence-electron chi connectivity index (χ4n) is 2.16. The molecule has 0 aliphatic rings. The lowest BCUT2D eigenvalue weighted by atomic mass is 10.2. The number of thioether (sulfide) groups is 1. The molecule has 0 aliphatic carbocycles. The van der Waals surface area contributed by atoms with Crippen LogP contribution in [0.2, 0.25) is 0 Å². The Morgan fingerprint density at radius 1 is 1.20 bits per heavy atom. The van der Waals surface area contributed by atoms with E-state index < -0.39 is 0 Å². The Labute approximate surface area is 152 Å². The predicted molar refractivity (Wildman–Crippen MR) is 104 cm³/mol. The zero-order valence-electron chi connectivity index (χ0n) is 14.1. The van der Waals surface area contributed by atoms with Gasteiger partial charge in [0.15, 0.2) is 6.61 Å². The van der Waals surface area contributed by atoms with E-state index in [1.165, 1.54) is 23.9 Å². The summed E-state index contributed by atoms with van der Waals surface area (Å²) >= 11 is 1.50. The lowest BCUT2D eigenvalue weighted by Gasteiger charge is -2.24. The van der Waals surface area contributed by atoms with Crippen molar-refractivity contribution in [3.63, 3.8) is 0 Å². The smallest absolute Gasteiger partial charge is 0.265 e. The van der Waals surface area contributed by atoms with E-state index in [9.17, 15) is 9.90 Å². The van der Waals surface area contributed by atoms with Crippen LogP contribution in [0.4, 0.5) is 5.69 Å². The van der Waals surface area contributed by atoms with Gasteiger partial charge in [0.25, 0.3) is 5.91 Å². The van der Waals surface area contributed by atoms with Gasteiger partial charge in [-0.25, -0.2) is 0 Å². The van der Waals surface area contributed by atoms with Crippen molar-refractivity contribution in [2.75, 3.05) is 18.1 Å². The zero-order chi connectivity index (χ0) is 18.1. The summed E-state index contributed by atoms with van der Waals surface area (Å²) in [5.41, 5.74) is 0.811. The van der Waals surface area contributed by atoms with Gasteiger partial charge in [-0.15, -0.1) is 11.8 Å². The van der Waals surface area contributed by atoms with Gasteiger partial charge in [-0.05, 0) is 48.7 Å². The SMILES string of the molecule is C=CS/C(=C\C)CN(C(=O)COc1ccc(O)cc1)c1ccccc1. The van der Waals surface area contributed by atoms with Crippen molar-refractivity contribution in [1.29, 1.82) is 0 Å². The summed E-state index contributed by atoms with van der Waals surface area (Å²) < 4.78 is 5.55. The number of hydrogen-bond donors (Lipinski definition) is 1. The number of rotatable bonds is 8. The third kappa shape index (κ3) is 5.72. The lowest BCUT2D eigenvalue weighted by molar-refractivity contribution is -0.120. The second-order valence-corrected chi connectivity index (χ2v) is 6.23. The highest BCUT2D eigenvalue weighted by Gasteiger charge is 2.17. The molecular formula is C20H21NO3S. The molecule has 2 aromatic carbocycles. The average Bonchev–Trinajstić information content (AvgIpc) is 2.65. The topological polar surface area (TPSA) is 49.8 Å². The number of phenols is 1. The summed E-state index contributed by atoms with van der Waals surface area (Å²) in [7, 11) is 0. The second kappa shape index (κ2) is 9.59. The highest BCUT2D eigenvalue weighted by molar-refractivity contribution is 8.05. The quantitative estimate of drug-likeness (QED) is 0.753. The highest BCUT2D eigenvalue weighted by Crippen LogP contribution is 2.22. The molecule has 2 aromatic rings. The number of nitrogens with zero attached hydrogens (tertiary/aromatic N) is 1. The Kier molecular flexibility index (Phi) is 7.16. The number of carbonyl (C=O) groups is 1. The van der Waals surface area contributed by atoms with Gasteiger partial charge in [-0.3, -0.25) is 4.79 Å². The van der Waals surface area contributed by atoms with Crippen LogP contribution in [-0.4, -0.2) is 24.2 Å². The van der Waals surface area contributed by atoms with Crippen LogP contribution in [0.25, 0.3) is 0 Å². The number of benzene rings is 2. The maximum absolute atomic E-state index is 12.7. The summed E-state index contributed by atoms with van der Waals surface area (Å²) in [4.78, 5) is 15.4. The third-order valence-electron chi connectivity index (χ3n) is 3.44. The summed E-state index contributed by atoms with van der Waals surface area (Å²) in [6.07, 6.45) is 1.97. The lowest BCUT2D eigenvalue weighted by Crippen LogP contribution is -2.36. The number of ether oxygens (including phenoxy) is 1. The molecule has 0 unspecified atom stereocenters. The maximum Gasteiger partial charge on any atom is 0.265 e. The van der Waals surface area contributed by atoms with E-state index in [4.69, 9.17) is 4.74 Å². The van der Waals surface area contributed by atoms with Crippen LogP contribution in [0.5, 0.6) is 11.5 Å². The number of amides is 1. The van der Waals surface area contributed by atoms with Crippen LogP contribution in [-0.2, 0) is 4.79 Å². The molecule has 130 valence electrons. The molecule has 0 spiro atoms. The van der Waals surface area contributed by atoms with Crippen molar-refractivity contribution in [2.45, 2.75) is 6.92 Å². The molecule has 0 atom stereocenters. The van der Waals surface area contributed by atoms with Crippen molar-refractivity contribution in [2.24, 2.45) is 0 Å². The number of allylic oxidation sites excluding steroid dienone is 1. The van der Waals surface area contributed by atoms with Crippen LogP contribution >= 0.6 is 11.8 Å². The minimum atomic E-state index is -0.150. The fraction of sp³-hybridized carbons (Fsp3) is 0.150. The first-order valence-corrected chi connectivity index (χ1v) is 8.72. The van der Waals surface area contributed by atoms with E-state index in [1.807, 2.05) is 43.3 Å². The molecule has 4 nitrogen and oxygen atoms in total. The monoisotopic (exact) mass is 355 g/mol. The maximum atomic E-state index is 12.7. The molecule has 5 heteroatoms. The molecule has 0 aliphatic heterocycles. The zero-order valence-corrected chi connectivity index (χ0v) is 14.9. The Morgan fingerprint density at radius 2 is 1.88 bits per heavy atom. The van der Waals surface area contributed by atoms with Crippen molar-refractivity contribution in [3.05, 3.63) is 77.6 Å². The number of carbonyl (C=O) groups excluding carboxylic acids is 1. The van der Waals surface area contributed by atoms with Gasteiger partial charge in [0.05, 0.1) is 6.54 Å². The minimum Gasteiger partial charge on any atom is -0.508 e. The van der Waals surface area contributed by atoms with E-state index in [0.717, 1.165) is 10.6 Å². The van der Waals surface area contributed by atoms with Gasteiger partial charge in [0.1, 0.15) is 11.5 Å². The second-order valence-electron chi connectivity index (χ2n) is 5.14. The number of para-hydroxylation sites is 1. The van der Waals surface area contributed by atoms with Crippen LogP contribution in [0.1, 0.15) is 6.92 Å². The third-order valence-corrected chi connectivity index (χ3v) is 4.27. The first-order chi connectivity index (χ1) is 12.1. The van der Waals surface area contributed by atoms with E-state index >= 15 is 0 Å². The molecule has 0 bridgehead atoms. The molecule has 1 amide bonds. The number of phenolic OH excluding ortho intramolecular Hbond substituents is 1. The molecule has 25 heavy (non-hydrogen) atoms. The van der Waals surface area contributed by atoms with E-state index in [1.54, 1.807) is 22.4 Å². The molecule has 0 aromatic heterocycles. The fourth-order valence-corrected chi connectivity index (χ4v) is 2.71. The van der Waals surface area contributed by atoms with Gasteiger partial charge < -0.3 is 14.7 Å². The molecule has 1 N–H and O–H groups in total. The largest absolute Gasteiger partial charge is 0.508 e. The van der Waals surface area contributed by atoms with Gasteiger partial charge >= 0.3 is 0 Å². The van der Waals surface area contributed by atoms with E-state index in [0.29, 0.717) is 12.3 Å². The summed E-state index contributed by atoms with van der Waals surface area (Å²) in [6, 6.07) is 15.8. The highest BCUT2D eigenvalue weighted by atomic mass is 32.2. The van der Waals surface area contributed by atoms with Crippen molar-refractivity contribution >= 4 is 23.4 Å².